The number of nitrogens with zero attached hydrogens (tertiary/aromatic N) is 2. The summed E-state index contributed by atoms with van der Waals surface area (Å²) in [6, 6.07) is 10.6. The lowest BCUT2D eigenvalue weighted by molar-refractivity contribution is -0.139. The van der Waals surface area contributed by atoms with Crippen molar-refractivity contribution in [2.24, 2.45) is 4.99 Å². The Morgan fingerprint density at radius 3 is 2.49 bits per heavy atom. The van der Waals surface area contributed by atoms with Crippen LogP contribution in [-0.2, 0) is 9.53 Å². The van der Waals surface area contributed by atoms with E-state index in [4.69, 9.17) is 14.2 Å². The lowest BCUT2D eigenvalue weighted by Gasteiger charge is -2.24. The molecule has 37 heavy (non-hydrogen) atoms. The molecule has 3 aromatic rings. The highest BCUT2D eigenvalue weighted by molar-refractivity contribution is 14.1. The molecule has 0 spiro atoms. The van der Waals surface area contributed by atoms with Crippen molar-refractivity contribution in [1.29, 1.82) is 0 Å². The summed E-state index contributed by atoms with van der Waals surface area (Å²) in [5.41, 5.74) is 2.17. The number of rotatable bonds is 8. The van der Waals surface area contributed by atoms with Crippen LogP contribution in [0.15, 0.2) is 61.9 Å². The lowest BCUT2D eigenvalue weighted by Crippen LogP contribution is -2.39. The first kappa shape index (κ1) is 27.6. The number of carbonyl (C=O) groups excluding carboxylic acids is 1. The smallest absolute Gasteiger partial charge is 0.338 e. The quantitative estimate of drug-likeness (QED) is 0.246. The van der Waals surface area contributed by atoms with Crippen LogP contribution in [0.4, 0.5) is 0 Å². The topological polar surface area (TPSA) is 79.1 Å². The van der Waals surface area contributed by atoms with Crippen LogP contribution in [0.5, 0.6) is 11.5 Å². The Morgan fingerprint density at radius 2 is 1.84 bits per heavy atom. The van der Waals surface area contributed by atoms with E-state index < -0.39 is 12.0 Å². The summed E-state index contributed by atoms with van der Waals surface area (Å²) in [6.45, 7) is 8.63. The van der Waals surface area contributed by atoms with Gasteiger partial charge in [-0.05, 0) is 86.2 Å². The summed E-state index contributed by atoms with van der Waals surface area (Å²) < 4.78 is 20.7. The van der Waals surface area contributed by atoms with Crippen molar-refractivity contribution in [3.8, 4) is 11.5 Å². The van der Waals surface area contributed by atoms with Gasteiger partial charge in [0.1, 0.15) is 11.5 Å². The Morgan fingerprint density at radius 1 is 1.14 bits per heavy atom. The maximum Gasteiger partial charge on any atom is 0.338 e. The monoisotopic (exact) mass is 696 g/mol. The van der Waals surface area contributed by atoms with Gasteiger partial charge in [-0.25, -0.2) is 9.79 Å². The number of benzene rings is 2. The number of thiazole rings is 1. The van der Waals surface area contributed by atoms with Gasteiger partial charge in [0, 0.05) is 10.0 Å². The molecule has 0 saturated heterocycles. The summed E-state index contributed by atoms with van der Waals surface area (Å²) in [6.07, 6.45) is 1.82. The van der Waals surface area contributed by atoms with Gasteiger partial charge in [0.15, 0.2) is 4.80 Å². The number of hydrogen-bond donors (Lipinski definition) is 0. The summed E-state index contributed by atoms with van der Waals surface area (Å²) >= 11 is 7.04. The molecule has 0 N–H and O–H groups in total. The van der Waals surface area contributed by atoms with Crippen molar-refractivity contribution in [3.63, 3.8) is 0 Å². The van der Waals surface area contributed by atoms with Crippen LogP contribution in [0.2, 0.25) is 0 Å². The van der Waals surface area contributed by atoms with Crippen LogP contribution in [0.3, 0.4) is 0 Å². The molecule has 0 radical (unpaired) electrons. The molecule has 0 amide bonds. The fraction of sp³-hybridized carbons (Fsp3) is 0.296. The first-order valence-electron chi connectivity index (χ1n) is 11.8. The third kappa shape index (κ3) is 5.70. The van der Waals surface area contributed by atoms with Crippen LogP contribution >= 0.6 is 49.9 Å². The zero-order chi connectivity index (χ0) is 26.7. The Hall–Kier alpha value is -2.44. The maximum absolute atomic E-state index is 13.9. The minimum atomic E-state index is -0.679. The number of hydrogen-bond acceptors (Lipinski definition) is 7. The first-order valence-corrected chi connectivity index (χ1v) is 14.5. The van der Waals surface area contributed by atoms with E-state index >= 15 is 0 Å². The summed E-state index contributed by atoms with van der Waals surface area (Å²) in [7, 11) is 0. The minimum absolute atomic E-state index is 0.220. The molecule has 2 aromatic carbocycles. The van der Waals surface area contributed by atoms with E-state index in [0.717, 1.165) is 19.2 Å². The molecule has 0 unspecified atom stereocenters. The number of halogens is 2. The van der Waals surface area contributed by atoms with Gasteiger partial charge in [0.2, 0.25) is 0 Å². The Balaban J connectivity index is 1.94. The summed E-state index contributed by atoms with van der Waals surface area (Å²) in [4.78, 5) is 32.1. The van der Waals surface area contributed by atoms with Crippen molar-refractivity contribution < 1.29 is 19.0 Å². The van der Waals surface area contributed by atoms with Gasteiger partial charge < -0.3 is 14.2 Å². The molecule has 0 fully saturated rings. The fourth-order valence-corrected chi connectivity index (χ4v) is 6.89. The van der Waals surface area contributed by atoms with E-state index in [1.165, 1.54) is 11.3 Å². The zero-order valence-corrected chi connectivity index (χ0v) is 25.4. The molecule has 1 aliphatic rings. The van der Waals surface area contributed by atoms with Crippen molar-refractivity contribution >= 4 is 61.9 Å². The third-order valence-electron chi connectivity index (χ3n) is 5.64. The highest BCUT2D eigenvalue weighted by Gasteiger charge is 2.33. The highest BCUT2D eigenvalue weighted by atomic mass is 127. The van der Waals surface area contributed by atoms with E-state index in [-0.39, 0.29) is 12.2 Å². The molecule has 0 bridgehead atoms. The molecule has 4 rings (SSSR count). The maximum atomic E-state index is 13.9. The lowest BCUT2D eigenvalue weighted by atomic mass is 9.96. The third-order valence-corrected chi connectivity index (χ3v) is 7.88. The van der Waals surface area contributed by atoms with Crippen molar-refractivity contribution in [1.82, 2.24) is 4.57 Å². The Bertz CT molecular complexity index is 1540. The Kier molecular flexibility index (Phi) is 8.91. The normalized spacial score (nSPS) is 15.3. The van der Waals surface area contributed by atoms with Crippen LogP contribution in [0.1, 0.15) is 44.9 Å². The van der Waals surface area contributed by atoms with Gasteiger partial charge in [0.25, 0.3) is 5.56 Å². The molecule has 1 aromatic heterocycles. The molecule has 0 aliphatic carbocycles. The highest BCUT2D eigenvalue weighted by Crippen LogP contribution is 2.33. The predicted molar refractivity (Wildman–Crippen MR) is 156 cm³/mol. The number of carbonyl (C=O) groups is 1. The number of ether oxygens (including phenoxy) is 3. The van der Waals surface area contributed by atoms with Gasteiger partial charge in [-0.3, -0.25) is 9.36 Å². The second kappa shape index (κ2) is 12.0. The van der Waals surface area contributed by atoms with Crippen molar-refractivity contribution in [3.05, 3.63) is 86.5 Å². The molecule has 1 atom stereocenters. The largest absolute Gasteiger partial charge is 0.494 e. The molecule has 2 heterocycles. The van der Waals surface area contributed by atoms with Crippen molar-refractivity contribution in [2.45, 2.75) is 33.7 Å². The van der Waals surface area contributed by atoms with Crippen molar-refractivity contribution in [2.75, 3.05) is 19.8 Å². The zero-order valence-electron chi connectivity index (χ0n) is 20.8. The van der Waals surface area contributed by atoms with E-state index in [9.17, 15) is 9.59 Å². The molecule has 194 valence electrons. The van der Waals surface area contributed by atoms with Crippen LogP contribution in [0.25, 0.3) is 6.08 Å². The minimum Gasteiger partial charge on any atom is -0.494 e. The summed E-state index contributed by atoms with van der Waals surface area (Å²) in [5.74, 6) is 0.936. The SMILES string of the molecule is CCOC(=O)C1=C(C)N=c2s/c(=C\c3cc(Br)cc(I)c3OCC)c(=O)n2[C@H]1c1ccc(OCC)cc1. The van der Waals surface area contributed by atoms with Gasteiger partial charge in [-0.1, -0.05) is 39.4 Å². The molecular weight excluding hydrogens is 671 g/mol. The number of aromatic nitrogens is 1. The van der Waals surface area contributed by atoms with E-state index in [0.29, 0.717) is 45.3 Å². The van der Waals surface area contributed by atoms with Gasteiger partial charge in [0.05, 0.1) is 45.2 Å². The van der Waals surface area contributed by atoms with Crippen LogP contribution in [-0.4, -0.2) is 30.4 Å². The second-order valence-corrected chi connectivity index (χ2v) is 11.1. The van der Waals surface area contributed by atoms with E-state index in [2.05, 4.69) is 43.5 Å². The Labute approximate surface area is 240 Å². The average molecular weight is 697 g/mol. The number of fused-ring (bicyclic) bond motifs is 1. The first-order chi connectivity index (χ1) is 17.8. The van der Waals surface area contributed by atoms with Gasteiger partial charge in [-0.15, -0.1) is 0 Å². The standard InChI is InChI=1S/C27H26BrIN2O5S/c1-5-34-19-10-8-16(9-11-19)23-22(26(33)36-7-3)15(4)30-27-31(23)25(32)21(37-27)13-17-12-18(28)14-20(29)24(17)35-6-2/h8-14,23H,5-7H2,1-4H3/b21-13-/t23-/m0/s1. The molecule has 7 nitrogen and oxygen atoms in total. The van der Waals surface area contributed by atoms with Gasteiger partial charge >= 0.3 is 5.97 Å². The van der Waals surface area contributed by atoms with E-state index in [1.54, 1.807) is 18.4 Å². The molecule has 10 heteroatoms. The van der Waals surface area contributed by atoms with E-state index in [1.807, 2.05) is 56.3 Å². The second-order valence-electron chi connectivity index (χ2n) is 8.04. The molecule has 1 aliphatic heterocycles. The fourth-order valence-electron chi connectivity index (χ4n) is 4.15. The van der Waals surface area contributed by atoms with Gasteiger partial charge in [-0.2, -0.15) is 0 Å². The average Bonchev–Trinajstić information content (AvgIpc) is 3.15. The van der Waals surface area contributed by atoms with Crippen LogP contribution < -0.4 is 24.4 Å². The molecule has 0 saturated carbocycles. The number of esters is 1. The predicted octanol–water partition coefficient (Wildman–Crippen LogP) is 4.96. The number of allylic oxidation sites excluding steroid dienone is 1. The molecular formula is C27H26BrIN2O5S. The summed E-state index contributed by atoms with van der Waals surface area (Å²) in [5, 5.41) is 0. The van der Waals surface area contributed by atoms with Crippen LogP contribution in [0, 0.1) is 3.57 Å².